The lowest BCUT2D eigenvalue weighted by Gasteiger charge is -2.39. The van der Waals surface area contributed by atoms with Gasteiger partial charge in [-0.15, -0.1) is 0 Å². The maximum absolute atomic E-state index is 6.57. The molecule has 1 atom stereocenters. The van der Waals surface area contributed by atoms with E-state index in [1.807, 2.05) is 115 Å². The van der Waals surface area contributed by atoms with Crippen molar-refractivity contribution in [1.82, 2.24) is 29.9 Å². The molecule has 12 rings (SSSR count). The molecule has 320 valence electrons. The van der Waals surface area contributed by atoms with Gasteiger partial charge in [0.05, 0.1) is 28.2 Å². The van der Waals surface area contributed by atoms with E-state index < -0.39 is 5.41 Å². The molecule has 10 aromatic rings. The molecule has 5 heterocycles. The summed E-state index contributed by atoms with van der Waals surface area (Å²) in [5, 5.41) is 0. The number of rotatable bonds is 9. The molecule has 0 saturated carbocycles. The van der Waals surface area contributed by atoms with Crippen LogP contribution in [0.4, 0.5) is 0 Å². The second-order valence-corrected chi connectivity index (χ2v) is 16.7. The first kappa shape index (κ1) is 40.3. The van der Waals surface area contributed by atoms with Crippen LogP contribution in [0.25, 0.3) is 90.3 Å². The molecule has 0 fully saturated rings. The van der Waals surface area contributed by atoms with Gasteiger partial charge in [0.2, 0.25) is 0 Å². The zero-order valence-electron chi connectivity index (χ0n) is 36.8. The number of aromatic nitrogens is 6. The van der Waals surface area contributed by atoms with Crippen LogP contribution in [0.5, 0.6) is 5.75 Å². The number of para-hydroxylation sites is 1. The topological polar surface area (TPSA) is 86.6 Å². The summed E-state index contributed by atoms with van der Waals surface area (Å²) in [5.41, 5.74) is 15.8. The smallest absolute Gasteiger partial charge is 0.164 e. The third-order valence-corrected chi connectivity index (χ3v) is 12.9. The summed E-state index contributed by atoms with van der Waals surface area (Å²) in [6.07, 6.45) is 7.32. The van der Waals surface area contributed by atoms with Gasteiger partial charge in [-0.3, -0.25) is 9.97 Å². The van der Waals surface area contributed by atoms with E-state index in [-0.39, 0.29) is 0 Å². The van der Waals surface area contributed by atoms with E-state index >= 15 is 0 Å². The van der Waals surface area contributed by atoms with Crippen LogP contribution in [-0.4, -0.2) is 29.9 Å². The number of hydrogen-bond donors (Lipinski definition) is 0. The van der Waals surface area contributed by atoms with Crippen LogP contribution in [-0.2, 0) is 5.41 Å². The second kappa shape index (κ2) is 16.7. The van der Waals surface area contributed by atoms with Gasteiger partial charge in [-0.25, -0.2) is 19.9 Å². The maximum Gasteiger partial charge on any atom is 0.164 e. The molecular formula is C61H40N6O. The van der Waals surface area contributed by atoms with Gasteiger partial charge in [-0.2, -0.15) is 0 Å². The monoisotopic (exact) mass is 872 g/mol. The highest BCUT2D eigenvalue weighted by Crippen LogP contribution is 2.61. The van der Waals surface area contributed by atoms with Crippen LogP contribution in [0.3, 0.4) is 0 Å². The van der Waals surface area contributed by atoms with Crippen LogP contribution in [0, 0.1) is 0 Å². The summed E-state index contributed by atoms with van der Waals surface area (Å²) in [5.74, 6) is 3.32. The van der Waals surface area contributed by atoms with Crippen molar-refractivity contribution in [2.75, 3.05) is 0 Å². The van der Waals surface area contributed by atoms with Crippen LogP contribution in [0.15, 0.2) is 243 Å². The predicted molar refractivity (Wildman–Crippen MR) is 271 cm³/mol. The fourth-order valence-electron chi connectivity index (χ4n) is 9.78. The van der Waals surface area contributed by atoms with Gasteiger partial charge < -0.3 is 4.74 Å². The zero-order valence-corrected chi connectivity index (χ0v) is 36.8. The highest BCUT2D eigenvalue weighted by atomic mass is 16.5. The first-order valence-corrected chi connectivity index (χ1v) is 22.5. The van der Waals surface area contributed by atoms with Gasteiger partial charge in [0, 0.05) is 40.2 Å². The van der Waals surface area contributed by atoms with E-state index in [1.54, 1.807) is 18.5 Å². The van der Waals surface area contributed by atoms with Crippen molar-refractivity contribution in [3.63, 3.8) is 0 Å². The first-order valence-electron chi connectivity index (χ1n) is 22.5. The standard InChI is InChI=1S/C61H40N6O/c1-3-48-56(4-2)68-57-24-12-11-21-51(57)61(48)49-31-29-43(39-25-27-42(28-26-39)60-66-58(40-17-7-5-8-18-40)65-59(67-60)41-19-9-6-10-20-41)35-46(49)47-36-44(30-32-50(47)61)45-37-54(52-22-13-15-33-62-52)64-55(38-45)53-23-14-16-34-63-53/h3-38H,1-2H2. The molecule has 1 aliphatic carbocycles. The number of benzene rings is 6. The van der Waals surface area contributed by atoms with Crippen LogP contribution >= 0.6 is 0 Å². The lowest BCUT2D eigenvalue weighted by atomic mass is 9.65. The van der Waals surface area contributed by atoms with Crippen molar-refractivity contribution >= 4 is 0 Å². The number of pyridine rings is 3. The Morgan fingerprint density at radius 2 is 0.838 bits per heavy atom. The van der Waals surface area contributed by atoms with Gasteiger partial charge >= 0.3 is 0 Å². The molecule has 1 unspecified atom stereocenters. The van der Waals surface area contributed by atoms with Gasteiger partial charge in [-0.1, -0.05) is 159 Å². The summed E-state index contributed by atoms with van der Waals surface area (Å²) in [6.45, 7) is 8.59. The summed E-state index contributed by atoms with van der Waals surface area (Å²) in [4.78, 5) is 29.3. The highest BCUT2D eigenvalue weighted by Gasteiger charge is 2.51. The van der Waals surface area contributed by atoms with Crippen molar-refractivity contribution in [3.05, 3.63) is 260 Å². The summed E-state index contributed by atoms with van der Waals surface area (Å²) in [6, 6.07) is 66.5. The van der Waals surface area contributed by atoms with Crippen LogP contribution in [0.2, 0.25) is 0 Å². The Morgan fingerprint density at radius 3 is 1.35 bits per heavy atom. The van der Waals surface area contributed by atoms with E-state index in [0.29, 0.717) is 23.2 Å². The van der Waals surface area contributed by atoms with Crippen LogP contribution in [0.1, 0.15) is 16.7 Å². The third kappa shape index (κ3) is 6.76. The molecule has 2 aliphatic rings. The van der Waals surface area contributed by atoms with Gasteiger partial charge in [0.1, 0.15) is 11.5 Å². The Hall–Kier alpha value is -9.20. The first-order chi connectivity index (χ1) is 33.6. The summed E-state index contributed by atoms with van der Waals surface area (Å²) < 4.78 is 6.57. The lowest BCUT2D eigenvalue weighted by molar-refractivity contribution is 0.403. The molecule has 0 saturated heterocycles. The van der Waals surface area contributed by atoms with Crippen molar-refractivity contribution < 1.29 is 4.74 Å². The number of hydrogen-bond acceptors (Lipinski definition) is 7. The fraction of sp³-hybridized carbons (Fsp3) is 0.0164. The molecule has 4 aromatic heterocycles. The molecule has 0 amide bonds. The van der Waals surface area contributed by atoms with Gasteiger partial charge in [-0.05, 0) is 105 Å². The summed E-state index contributed by atoms with van der Waals surface area (Å²) >= 11 is 0. The molecule has 68 heavy (non-hydrogen) atoms. The maximum atomic E-state index is 6.57. The van der Waals surface area contributed by atoms with Crippen molar-refractivity contribution in [1.29, 1.82) is 0 Å². The quantitative estimate of drug-likeness (QED) is 0.143. The van der Waals surface area contributed by atoms with E-state index in [2.05, 4.69) is 108 Å². The number of fused-ring (bicyclic) bond motifs is 7. The molecule has 7 nitrogen and oxygen atoms in total. The molecule has 1 aliphatic heterocycles. The lowest BCUT2D eigenvalue weighted by Crippen LogP contribution is -2.34. The Kier molecular flexibility index (Phi) is 9.88. The largest absolute Gasteiger partial charge is 0.457 e. The third-order valence-electron chi connectivity index (χ3n) is 12.9. The average Bonchev–Trinajstić information content (AvgIpc) is 3.70. The minimum atomic E-state index is -0.728. The highest BCUT2D eigenvalue weighted by molar-refractivity contribution is 5.93. The predicted octanol–water partition coefficient (Wildman–Crippen LogP) is 14.1. The molecule has 0 bridgehead atoms. The van der Waals surface area contributed by atoms with Crippen molar-refractivity contribution in [2.45, 2.75) is 5.41 Å². The Bertz CT molecular complexity index is 3500. The van der Waals surface area contributed by atoms with Crippen molar-refractivity contribution in [2.24, 2.45) is 0 Å². The summed E-state index contributed by atoms with van der Waals surface area (Å²) in [7, 11) is 0. The second-order valence-electron chi connectivity index (χ2n) is 16.7. The van der Waals surface area contributed by atoms with Crippen LogP contribution < -0.4 is 4.74 Å². The molecule has 6 aromatic carbocycles. The zero-order chi connectivity index (χ0) is 45.6. The fourth-order valence-corrected chi connectivity index (χ4v) is 9.78. The van der Waals surface area contributed by atoms with Crippen molar-refractivity contribution in [3.8, 4) is 96.1 Å². The minimum absolute atomic E-state index is 0.607. The van der Waals surface area contributed by atoms with E-state index in [1.165, 1.54) is 0 Å². The SMILES string of the molecule is C=CC1=C(C=C)C2(c3ccccc3O1)c1ccc(-c3ccc(-c4nc(-c5ccccc5)nc(-c5ccccc5)n4)cc3)cc1-c1cc(-c3cc(-c4ccccn4)nc(-c4ccccn4)c3)ccc12. The number of ether oxygens (including phenoxy) is 1. The minimum Gasteiger partial charge on any atom is -0.457 e. The normalized spacial score (nSPS) is 14.4. The number of allylic oxidation sites excluding steroid dienone is 3. The Labute approximate surface area is 394 Å². The Morgan fingerprint density at radius 1 is 0.368 bits per heavy atom. The van der Waals surface area contributed by atoms with Gasteiger partial charge in [0.25, 0.3) is 0 Å². The Balaban J connectivity index is 1.02. The molecule has 7 heteroatoms. The molecule has 1 spiro atoms. The van der Waals surface area contributed by atoms with E-state index in [0.717, 1.165) is 101 Å². The van der Waals surface area contributed by atoms with Gasteiger partial charge in [0.15, 0.2) is 17.5 Å². The van der Waals surface area contributed by atoms with E-state index in [9.17, 15) is 0 Å². The number of nitrogens with zero attached hydrogens (tertiary/aromatic N) is 6. The molecule has 0 N–H and O–H groups in total. The average molecular weight is 873 g/mol. The molecule has 0 radical (unpaired) electrons. The molecular weight excluding hydrogens is 833 g/mol. The van der Waals surface area contributed by atoms with E-state index in [4.69, 9.17) is 24.7 Å².